The van der Waals surface area contributed by atoms with Crippen LogP contribution in [-0.2, 0) is 0 Å². The fourth-order valence-corrected chi connectivity index (χ4v) is 3.62. The zero-order valence-corrected chi connectivity index (χ0v) is 12.8. The molecule has 0 spiro atoms. The Bertz CT molecular complexity index is 450. The Kier molecular flexibility index (Phi) is 4.68. The topological polar surface area (TPSA) is 32.3 Å². The van der Waals surface area contributed by atoms with Gasteiger partial charge in [0.05, 0.1) is 12.4 Å². The molecule has 1 aromatic heterocycles. The van der Waals surface area contributed by atoms with E-state index in [9.17, 15) is 4.39 Å². The first kappa shape index (κ1) is 14.7. The Balaban J connectivity index is 1.59. The lowest BCUT2D eigenvalue weighted by atomic mass is 9.95. The van der Waals surface area contributed by atoms with Crippen LogP contribution in [0.25, 0.3) is 0 Å². The van der Waals surface area contributed by atoms with Crippen molar-refractivity contribution in [2.75, 3.05) is 31.1 Å². The largest absolute Gasteiger partial charge is 0.341 e. The van der Waals surface area contributed by atoms with Crippen molar-refractivity contribution in [1.82, 2.24) is 14.9 Å². The van der Waals surface area contributed by atoms with Gasteiger partial charge in [-0.2, -0.15) is 0 Å². The van der Waals surface area contributed by atoms with Gasteiger partial charge >= 0.3 is 0 Å². The van der Waals surface area contributed by atoms with Crippen molar-refractivity contribution in [3.63, 3.8) is 0 Å². The monoisotopic (exact) mass is 292 g/mol. The van der Waals surface area contributed by atoms with Gasteiger partial charge in [0.2, 0.25) is 5.95 Å². The summed E-state index contributed by atoms with van der Waals surface area (Å²) in [6.45, 7) is 6.75. The Morgan fingerprint density at radius 3 is 2.71 bits per heavy atom. The van der Waals surface area contributed by atoms with Crippen molar-refractivity contribution in [2.24, 2.45) is 5.92 Å². The minimum atomic E-state index is -0.366. The third-order valence-electron chi connectivity index (χ3n) is 4.84. The normalized spacial score (nSPS) is 27.8. The van der Waals surface area contributed by atoms with Gasteiger partial charge in [0.15, 0.2) is 5.82 Å². The quantitative estimate of drug-likeness (QED) is 0.857. The van der Waals surface area contributed by atoms with E-state index in [1.807, 2.05) is 0 Å². The zero-order chi connectivity index (χ0) is 14.7. The fourth-order valence-electron chi connectivity index (χ4n) is 3.62. The summed E-state index contributed by atoms with van der Waals surface area (Å²) in [5, 5.41) is 0. The van der Waals surface area contributed by atoms with E-state index in [1.54, 1.807) is 0 Å². The second-order valence-corrected chi connectivity index (χ2v) is 6.50. The molecular formula is C16H25FN4. The Labute approximate surface area is 126 Å². The van der Waals surface area contributed by atoms with Gasteiger partial charge in [0, 0.05) is 25.7 Å². The van der Waals surface area contributed by atoms with E-state index in [-0.39, 0.29) is 5.82 Å². The van der Waals surface area contributed by atoms with E-state index in [4.69, 9.17) is 0 Å². The second-order valence-electron chi connectivity index (χ2n) is 6.50. The molecule has 0 bridgehead atoms. The highest BCUT2D eigenvalue weighted by Crippen LogP contribution is 2.24. The predicted molar refractivity (Wildman–Crippen MR) is 81.8 cm³/mol. The van der Waals surface area contributed by atoms with Gasteiger partial charge in [0.1, 0.15) is 0 Å². The van der Waals surface area contributed by atoms with Crippen LogP contribution in [0.5, 0.6) is 0 Å². The SMILES string of the molecule is CC1CCCCN1CC1CCCN(c2ncc(F)cn2)C1. The van der Waals surface area contributed by atoms with Crippen molar-refractivity contribution in [2.45, 2.75) is 45.1 Å². The maximum Gasteiger partial charge on any atom is 0.225 e. The van der Waals surface area contributed by atoms with Crippen molar-refractivity contribution >= 4 is 5.95 Å². The van der Waals surface area contributed by atoms with Gasteiger partial charge in [-0.1, -0.05) is 6.42 Å². The lowest BCUT2D eigenvalue weighted by molar-refractivity contribution is 0.130. The van der Waals surface area contributed by atoms with Gasteiger partial charge in [0.25, 0.3) is 0 Å². The summed E-state index contributed by atoms with van der Waals surface area (Å²) in [6.07, 6.45) is 9.02. The first-order chi connectivity index (χ1) is 10.2. The summed E-state index contributed by atoms with van der Waals surface area (Å²) >= 11 is 0. The first-order valence-electron chi connectivity index (χ1n) is 8.19. The molecule has 0 N–H and O–H groups in total. The van der Waals surface area contributed by atoms with E-state index in [1.165, 1.54) is 57.6 Å². The molecule has 1 aromatic rings. The molecule has 0 aliphatic carbocycles. The molecule has 21 heavy (non-hydrogen) atoms. The number of likely N-dealkylation sites (tertiary alicyclic amines) is 1. The van der Waals surface area contributed by atoms with Gasteiger partial charge in [-0.05, 0) is 45.1 Å². The standard InChI is InChI=1S/C16H25FN4/c1-13-5-2-3-7-20(13)11-14-6-4-8-21(12-14)16-18-9-15(17)10-19-16/h9-10,13-14H,2-8,11-12H2,1H3. The molecule has 116 valence electrons. The molecule has 0 radical (unpaired) electrons. The van der Waals surface area contributed by atoms with Gasteiger partial charge < -0.3 is 9.80 Å². The number of aromatic nitrogens is 2. The number of piperidine rings is 2. The van der Waals surface area contributed by atoms with Crippen LogP contribution in [0.2, 0.25) is 0 Å². The van der Waals surface area contributed by atoms with E-state index >= 15 is 0 Å². The maximum absolute atomic E-state index is 12.9. The van der Waals surface area contributed by atoms with Gasteiger partial charge in [-0.25, -0.2) is 14.4 Å². The van der Waals surface area contributed by atoms with Gasteiger partial charge in [-0.3, -0.25) is 0 Å². The summed E-state index contributed by atoms with van der Waals surface area (Å²) < 4.78 is 12.9. The molecule has 2 saturated heterocycles. The van der Waals surface area contributed by atoms with Crippen LogP contribution in [-0.4, -0.2) is 47.1 Å². The van der Waals surface area contributed by atoms with Crippen LogP contribution in [0.4, 0.5) is 10.3 Å². The number of anilines is 1. The molecule has 2 fully saturated rings. The van der Waals surface area contributed by atoms with Crippen LogP contribution < -0.4 is 4.90 Å². The van der Waals surface area contributed by atoms with E-state index in [2.05, 4.69) is 26.7 Å². The number of halogens is 1. The van der Waals surface area contributed by atoms with Crippen molar-refractivity contribution in [3.05, 3.63) is 18.2 Å². The van der Waals surface area contributed by atoms with E-state index in [0.29, 0.717) is 11.9 Å². The minimum Gasteiger partial charge on any atom is -0.341 e. The average molecular weight is 292 g/mol. The van der Waals surface area contributed by atoms with Crippen molar-refractivity contribution < 1.29 is 4.39 Å². The molecule has 2 unspecified atom stereocenters. The minimum absolute atomic E-state index is 0.366. The summed E-state index contributed by atoms with van der Waals surface area (Å²) in [4.78, 5) is 13.1. The Morgan fingerprint density at radius 1 is 1.14 bits per heavy atom. The molecule has 2 aliphatic rings. The zero-order valence-electron chi connectivity index (χ0n) is 12.8. The molecule has 4 nitrogen and oxygen atoms in total. The number of rotatable bonds is 3. The molecule has 0 saturated carbocycles. The summed E-state index contributed by atoms with van der Waals surface area (Å²) in [6, 6.07) is 0.719. The highest BCUT2D eigenvalue weighted by atomic mass is 19.1. The second kappa shape index (κ2) is 6.69. The highest BCUT2D eigenvalue weighted by Gasteiger charge is 2.26. The predicted octanol–water partition coefficient (Wildman–Crippen LogP) is 2.71. The fraction of sp³-hybridized carbons (Fsp3) is 0.750. The number of nitrogens with zero attached hydrogens (tertiary/aromatic N) is 4. The molecule has 2 aliphatic heterocycles. The lowest BCUT2D eigenvalue weighted by Gasteiger charge is -2.39. The highest BCUT2D eigenvalue weighted by molar-refractivity contribution is 5.29. The smallest absolute Gasteiger partial charge is 0.225 e. The molecule has 0 aromatic carbocycles. The average Bonchev–Trinajstić information content (AvgIpc) is 2.51. The third kappa shape index (κ3) is 3.70. The summed E-state index contributed by atoms with van der Waals surface area (Å²) in [5.74, 6) is 0.982. The van der Waals surface area contributed by atoms with Crippen LogP contribution in [0.3, 0.4) is 0 Å². The lowest BCUT2D eigenvalue weighted by Crippen LogP contribution is -2.45. The van der Waals surface area contributed by atoms with Crippen LogP contribution in [0, 0.1) is 11.7 Å². The summed E-state index contributed by atoms with van der Waals surface area (Å²) in [5.41, 5.74) is 0. The molecule has 3 rings (SSSR count). The van der Waals surface area contributed by atoms with Crippen molar-refractivity contribution in [3.8, 4) is 0 Å². The first-order valence-corrected chi connectivity index (χ1v) is 8.19. The molecule has 0 amide bonds. The molecular weight excluding hydrogens is 267 g/mol. The van der Waals surface area contributed by atoms with E-state index in [0.717, 1.165) is 19.1 Å². The summed E-state index contributed by atoms with van der Waals surface area (Å²) in [7, 11) is 0. The maximum atomic E-state index is 12.9. The molecule has 3 heterocycles. The third-order valence-corrected chi connectivity index (χ3v) is 4.84. The Hall–Kier alpha value is -1.23. The Morgan fingerprint density at radius 2 is 1.95 bits per heavy atom. The van der Waals surface area contributed by atoms with Crippen molar-refractivity contribution in [1.29, 1.82) is 0 Å². The number of hydrogen-bond donors (Lipinski definition) is 0. The van der Waals surface area contributed by atoms with E-state index < -0.39 is 0 Å². The number of hydrogen-bond acceptors (Lipinski definition) is 4. The molecule has 5 heteroatoms. The van der Waals surface area contributed by atoms with Crippen LogP contribution in [0.1, 0.15) is 39.0 Å². The van der Waals surface area contributed by atoms with Crippen LogP contribution >= 0.6 is 0 Å². The molecule has 2 atom stereocenters. The van der Waals surface area contributed by atoms with Gasteiger partial charge in [-0.15, -0.1) is 0 Å². The van der Waals surface area contributed by atoms with Crippen LogP contribution in [0.15, 0.2) is 12.4 Å².